The Hall–Kier alpha value is -2.28. The minimum absolute atomic E-state index is 0.0835. The van der Waals surface area contributed by atoms with Crippen molar-refractivity contribution in [3.63, 3.8) is 0 Å². The first-order chi connectivity index (χ1) is 9.49. The summed E-state index contributed by atoms with van der Waals surface area (Å²) in [5, 5.41) is 13.5. The zero-order valence-electron chi connectivity index (χ0n) is 10.5. The van der Waals surface area contributed by atoms with Crippen LogP contribution < -0.4 is 5.32 Å². The van der Waals surface area contributed by atoms with Crippen LogP contribution in [0.25, 0.3) is 0 Å². The molecule has 1 aromatic heterocycles. The van der Waals surface area contributed by atoms with E-state index in [1.54, 1.807) is 25.3 Å². The highest BCUT2D eigenvalue weighted by atomic mass is 79.9. The van der Waals surface area contributed by atoms with Crippen molar-refractivity contribution >= 4 is 33.3 Å². The maximum atomic E-state index is 12.1. The summed E-state index contributed by atoms with van der Waals surface area (Å²) < 4.78 is 0.776. The Balaban J connectivity index is 2.30. The number of nitrogens with one attached hydrogen (secondary N) is 1. The third-order valence-corrected chi connectivity index (χ3v) is 3.20. The second-order valence-electron chi connectivity index (χ2n) is 4.02. The van der Waals surface area contributed by atoms with Gasteiger partial charge in [0.05, 0.1) is 4.92 Å². The molecular weight excluding hydrogens is 326 g/mol. The summed E-state index contributed by atoms with van der Waals surface area (Å²) in [5.41, 5.74) is 0.492. The number of amides is 1. The van der Waals surface area contributed by atoms with Gasteiger partial charge in [-0.3, -0.25) is 14.9 Å². The fourth-order valence-electron chi connectivity index (χ4n) is 1.72. The fourth-order valence-corrected chi connectivity index (χ4v) is 2.06. The van der Waals surface area contributed by atoms with Crippen molar-refractivity contribution in [3.8, 4) is 0 Å². The Labute approximate surface area is 123 Å². The zero-order valence-corrected chi connectivity index (χ0v) is 12.0. The van der Waals surface area contributed by atoms with Crippen molar-refractivity contribution in [2.45, 2.75) is 6.92 Å². The van der Waals surface area contributed by atoms with Crippen molar-refractivity contribution in [1.82, 2.24) is 4.98 Å². The van der Waals surface area contributed by atoms with Gasteiger partial charge in [-0.1, -0.05) is 22.0 Å². The maximum Gasteiger partial charge on any atom is 0.273 e. The number of carbonyl (C=O) groups excluding carboxylic acids is 1. The molecule has 0 saturated heterocycles. The lowest BCUT2D eigenvalue weighted by Gasteiger charge is -2.07. The number of halogens is 1. The van der Waals surface area contributed by atoms with Crippen molar-refractivity contribution in [1.29, 1.82) is 0 Å². The van der Waals surface area contributed by atoms with Gasteiger partial charge in [-0.05, 0) is 25.1 Å². The predicted octanol–water partition coefficient (Wildman–Crippen LogP) is 3.31. The zero-order chi connectivity index (χ0) is 14.7. The van der Waals surface area contributed by atoms with Gasteiger partial charge < -0.3 is 5.32 Å². The Kier molecular flexibility index (Phi) is 4.09. The molecule has 7 heteroatoms. The van der Waals surface area contributed by atoms with Crippen LogP contribution >= 0.6 is 15.9 Å². The van der Waals surface area contributed by atoms with Gasteiger partial charge in [0, 0.05) is 27.9 Å². The third kappa shape index (κ3) is 3.00. The Morgan fingerprint density at radius 3 is 2.80 bits per heavy atom. The van der Waals surface area contributed by atoms with E-state index in [2.05, 4.69) is 26.2 Å². The standard InChI is InChI=1S/C13H10BrN3O3/c1-8-10(3-2-4-11(8)17(19)20)13(18)16-12-7-9(14)5-6-15-12/h2-7H,1H3,(H,15,16,18). The molecule has 2 rings (SSSR count). The molecule has 6 nitrogen and oxygen atoms in total. The molecule has 1 N–H and O–H groups in total. The van der Waals surface area contributed by atoms with Crippen LogP contribution in [-0.4, -0.2) is 15.8 Å². The van der Waals surface area contributed by atoms with Crippen LogP contribution in [0.5, 0.6) is 0 Å². The molecule has 0 aliphatic heterocycles. The molecule has 0 radical (unpaired) electrons. The molecular formula is C13H10BrN3O3. The largest absolute Gasteiger partial charge is 0.307 e. The van der Waals surface area contributed by atoms with Gasteiger partial charge >= 0.3 is 0 Å². The van der Waals surface area contributed by atoms with Gasteiger partial charge in [-0.25, -0.2) is 4.98 Å². The molecule has 0 aliphatic rings. The van der Waals surface area contributed by atoms with Gasteiger partial charge in [-0.2, -0.15) is 0 Å². The molecule has 2 aromatic rings. The van der Waals surface area contributed by atoms with Gasteiger partial charge in [0.25, 0.3) is 11.6 Å². The molecule has 0 spiro atoms. The number of nitrogens with zero attached hydrogens (tertiary/aromatic N) is 2. The number of aromatic nitrogens is 1. The van der Waals surface area contributed by atoms with Crippen molar-refractivity contribution in [2.24, 2.45) is 0 Å². The summed E-state index contributed by atoms with van der Waals surface area (Å²) in [6.07, 6.45) is 1.54. The normalized spacial score (nSPS) is 10.1. The lowest BCUT2D eigenvalue weighted by molar-refractivity contribution is -0.385. The van der Waals surface area contributed by atoms with Crippen LogP contribution in [0.3, 0.4) is 0 Å². The van der Waals surface area contributed by atoms with Gasteiger partial charge in [0.15, 0.2) is 0 Å². The van der Waals surface area contributed by atoms with E-state index in [1.807, 2.05) is 0 Å². The topological polar surface area (TPSA) is 85.1 Å². The van der Waals surface area contributed by atoms with E-state index in [0.717, 1.165) is 4.47 Å². The predicted molar refractivity (Wildman–Crippen MR) is 77.7 cm³/mol. The summed E-state index contributed by atoms with van der Waals surface area (Å²) in [7, 11) is 0. The second-order valence-corrected chi connectivity index (χ2v) is 4.94. The summed E-state index contributed by atoms with van der Waals surface area (Å²) in [6, 6.07) is 7.76. The van der Waals surface area contributed by atoms with Crippen LogP contribution in [0.15, 0.2) is 41.0 Å². The molecule has 0 atom stereocenters. The van der Waals surface area contributed by atoms with Crippen molar-refractivity contribution in [2.75, 3.05) is 5.32 Å². The molecule has 0 unspecified atom stereocenters. The first-order valence-electron chi connectivity index (χ1n) is 5.66. The molecule has 0 fully saturated rings. The number of hydrogen-bond acceptors (Lipinski definition) is 4. The first kappa shape index (κ1) is 14.1. The minimum atomic E-state index is -0.510. The van der Waals surface area contributed by atoms with E-state index >= 15 is 0 Å². The molecule has 0 aliphatic carbocycles. The summed E-state index contributed by atoms with van der Waals surface area (Å²) in [6.45, 7) is 1.54. The third-order valence-electron chi connectivity index (χ3n) is 2.71. The molecule has 0 bridgehead atoms. The number of anilines is 1. The van der Waals surface area contributed by atoms with Crippen LogP contribution in [0, 0.1) is 17.0 Å². The van der Waals surface area contributed by atoms with E-state index < -0.39 is 10.8 Å². The van der Waals surface area contributed by atoms with Gasteiger partial charge in [0.1, 0.15) is 5.82 Å². The molecule has 0 saturated carbocycles. The molecule has 20 heavy (non-hydrogen) atoms. The molecule has 1 heterocycles. The van der Waals surface area contributed by atoms with Crippen LogP contribution in [0.2, 0.25) is 0 Å². The Bertz CT molecular complexity index is 688. The highest BCUT2D eigenvalue weighted by molar-refractivity contribution is 9.10. The monoisotopic (exact) mass is 335 g/mol. The first-order valence-corrected chi connectivity index (χ1v) is 6.45. The van der Waals surface area contributed by atoms with Crippen molar-refractivity contribution in [3.05, 3.63) is 62.2 Å². The highest BCUT2D eigenvalue weighted by Gasteiger charge is 2.18. The van der Waals surface area contributed by atoms with E-state index in [0.29, 0.717) is 11.4 Å². The smallest absolute Gasteiger partial charge is 0.273 e. The number of nitro benzene ring substituents is 1. The number of rotatable bonds is 3. The lowest BCUT2D eigenvalue weighted by atomic mass is 10.1. The minimum Gasteiger partial charge on any atom is -0.307 e. The van der Waals surface area contributed by atoms with Crippen molar-refractivity contribution < 1.29 is 9.72 Å². The number of pyridine rings is 1. The number of carbonyl (C=O) groups is 1. The van der Waals surface area contributed by atoms with E-state index in [4.69, 9.17) is 0 Å². The van der Waals surface area contributed by atoms with Crippen LogP contribution in [0.1, 0.15) is 15.9 Å². The van der Waals surface area contributed by atoms with Gasteiger partial charge in [0.2, 0.25) is 0 Å². The maximum absolute atomic E-state index is 12.1. The van der Waals surface area contributed by atoms with Crippen LogP contribution in [0.4, 0.5) is 11.5 Å². The lowest BCUT2D eigenvalue weighted by Crippen LogP contribution is -2.14. The summed E-state index contributed by atoms with van der Waals surface area (Å²) in [5.74, 6) is -0.0629. The fraction of sp³-hybridized carbons (Fsp3) is 0.0769. The summed E-state index contributed by atoms with van der Waals surface area (Å²) in [4.78, 5) is 26.5. The van der Waals surface area contributed by atoms with E-state index in [9.17, 15) is 14.9 Å². The number of benzene rings is 1. The average Bonchev–Trinajstić information content (AvgIpc) is 2.38. The van der Waals surface area contributed by atoms with E-state index in [-0.39, 0.29) is 11.3 Å². The Morgan fingerprint density at radius 1 is 1.40 bits per heavy atom. The molecule has 102 valence electrons. The van der Waals surface area contributed by atoms with E-state index in [1.165, 1.54) is 18.2 Å². The second kappa shape index (κ2) is 5.79. The average molecular weight is 336 g/mol. The molecule has 1 amide bonds. The van der Waals surface area contributed by atoms with Crippen LogP contribution in [-0.2, 0) is 0 Å². The number of hydrogen-bond donors (Lipinski definition) is 1. The number of nitro groups is 1. The SMILES string of the molecule is Cc1c(C(=O)Nc2cc(Br)ccn2)cccc1[N+](=O)[O-]. The van der Waals surface area contributed by atoms with Gasteiger partial charge in [-0.15, -0.1) is 0 Å². The quantitative estimate of drug-likeness (QED) is 0.688. The molecule has 1 aromatic carbocycles. The Morgan fingerprint density at radius 2 is 2.15 bits per heavy atom. The summed E-state index contributed by atoms with van der Waals surface area (Å²) >= 11 is 3.27. The highest BCUT2D eigenvalue weighted by Crippen LogP contribution is 2.22.